The number of aliphatic hydroxyl groups is 4. The van der Waals surface area contributed by atoms with Crippen molar-refractivity contribution in [1.29, 1.82) is 0 Å². The number of hydrogen-bond acceptors (Lipinski definition) is 5. The molecule has 2 aliphatic rings. The average Bonchev–Trinajstić information content (AvgIpc) is 2.57. The molecule has 0 spiro atoms. The van der Waals surface area contributed by atoms with E-state index in [2.05, 4.69) is 11.9 Å². The van der Waals surface area contributed by atoms with Gasteiger partial charge in [-0.2, -0.15) is 0 Å². The van der Waals surface area contributed by atoms with Gasteiger partial charge in [-0.15, -0.1) is 0 Å². The Morgan fingerprint density at radius 2 is 2.00 bits per heavy atom. The fraction of sp³-hybridized carbons (Fsp3) is 0.500. The van der Waals surface area contributed by atoms with Gasteiger partial charge in [-0.25, -0.2) is 0 Å². The van der Waals surface area contributed by atoms with E-state index in [1.54, 1.807) is 12.2 Å². The Kier molecular flexibility index (Phi) is 3.24. The Hall–Kier alpha value is -1.30. The van der Waals surface area contributed by atoms with Crippen molar-refractivity contribution in [2.24, 2.45) is 11.8 Å². The van der Waals surface area contributed by atoms with E-state index in [1.807, 2.05) is 0 Å². The molecule has 0 aromatic carbocycles. The molecule has 0 radical (unpaired) electrons. The smallest absolute Gasteiger partial charge is 0.192 e. The second kappa shape index (κ2) is 4.52. The van der Waals surface area contributed by atoms with Crippen LogP contribution in [0.15, 0.2) is 35.9 Å². The minimum absolute atomic E-state index is 0.0488. The highest BCUT2D eigenvalue weighted by Gasteiger charge is 2.43. The van der Waals surface area contributed by atoms with Crippen molar-refractivity contribution in [2.75, 3.05) is 6.61 Å². The van der Waals surface area contributed by atoms with E-state index in [0.29, 0.717) is 17.7 Å². The molecular formula is C12H17NO4. The molecule has 5 nitrogen and oxygen atoms in total. The first-order valence-electron chi connectivity index (χ1n) is 5.58. The van der Waals surface area contributed by atoms with E-state index in [0.717, 1.165) is 0 Å². The third-order valence-corrected chi connectivity index (χ3v) is 3.45. The third-order valence-electron chi connectivity index (χ3n) is 3.45. The number of hydrogen-bond donors (Lipinski definition) is 5. The molecule has 4 atom stereocenters. The molecule has 5 heteroatoms. The van der Waals surface area contributed by atoms with Gasteiger partial charge in [0.2, 0.25) is 0 Å². The molecule has 94 valence electrons. The Labute approximate surface area is 99.4 Å². The van der Waals surface area contributed by atoms with E-state index in [4.69, 9.17) is 5.11 Å². The van der Waals surface area contributed by atoms with Crippen molar-refractivity contribution in [1.82, 2.24) is 5.32 Å². The lowest BCUT2D eigenvalue weighted by Crippen LogP contribution is -2.31. The molecule has 1 saturated carbocycles. The second-order valence-electron chi connectivity index (χ2n) is 4.55. The first-order chi connectivity index (χ1) is 8.04. The fourth-order valence-electron chi connectivity index (χ4n) is 2.45. The molecule has 2 rings (SSSR count). The zero-order chi connectivity index (χ0) is 12.6. The molecule has 0 bridgehead atoms. The van der Waals surface area contributed by atoms with Crippen LogP contribution in [-0.2, 0) is 0 Å². The monoisotopic (exact) mass is 239 g/mol. The van der Waals surface area contributed by atoms with E-state index < -0.39 is 12.2 Å². The predicted molar refractivity (Wildman–Crippen MR) is 61.8 cm³/mol. The summed E-state index contributed by atoms with van der Waals surface area (Å²) in [5, 5.41) is 41.1. The lowest BCUT2D eigenvalue weighted by atomic mass is 9.93. The van der Waals surface area contributed by atoms with Crippen LogP contribution >= 0.6 is 0 Å². The lowest BCUT2D eigenvalue weighted by Gasteiger charge is -2.22. The molecule has 5 N–H and O–H groups in total. The van der Waals surface area contributed by atoms with Gasteiger partial charge in [-0.3, -0.25) is 0 Å². The molecule has 1 fully saturated rings. The molecule has 17 heavy (non-hydrogen) atoms. The van der Waals surface area contributed by atoms with Crippen LogP contribution in [0.1, 0.15) is 6.42 Å². The van der Waals surface area contributed by atoms with Gasteiger partial charge in [-0.1, -0.05) is 12.7 Å². The molecule has 0 saturated heterocycles. The summed E-state index contributed by atoms with van der Waals surface area (Å²) in [4.78, 5) is 0. The first kappa shape index (κ1) is 12.2. The van der Waals surface area contributed by atoms with Crippen molar-refractivity contribution in [3.8, 4) is 0 Å². The topological polar surface area (TPSA) is 93.0 Å². The van der Waals surface area contributed by atoms with E-state index >= 15 is 0 Å². The van der Waals surface area contributed by atoms with Crippen LogP contribution in [0.25, 0.3) is 0 Å². The second-order valence-corrected chi connectivity index (χ2v) is 4.55. The summed E-state index contributed by atoms with van der Waals surface area (Å²) < 4.78 is 0. The minimum atomic E-state index is -0.970. The van der Waals surface area contributed by atoms with Crippen molar-refractivity contribution < 1.29 is 20.4 Å². The minimum Gasteiger partial charge on any atom is -0.494 e. The number of rotatable bonds is 2. The molecular weight excluding hydrogens is 222 g/mol. The molecule has 1 aliphatic carbocycles. The van der Waals surface area contributed by atoms with Crippen molar-refractivity contribution >= 4 is 0 Å². The van der Waals surface area contributed by atoms with Crippen molar-refractivity contribution in [3.63, 3.8) is 0 Å². The van der Waals surface area contributed by atoms with Gasteiger partial charge in [0.1, 0.15) is 0 Å². The van der Waals surface area contributed by atoms with Crippen LogP contribution in [0.3, 0.4) is 0 Å². The maximum Gasteiger partial charge on any atom is 0.192 e. The molecule has 0 unspecified atom stereocenters. The van der Waals surface area contributed by atoms with Gasteiger partial charge >= 0.3 is 0 Å². The van der Waals surface area contributed by atoms with Crippen LogP contribution in [0, 0.1) is 11.8 Å². The van der Waals surface area contributed by atoms with Gasteiger partial charge in [0.05, 0.1) is 12.2 Å². The van der Waals surface area contributed by atoms with E-state index in [-0.39, 0.29) is 24.3 Å². The van der Waals surface area contributed by atoms with Crippen molar-refractivity contribution in [3.05, 3.63) is 35.9 Å². The lowest BCUT2D eigenvalue weighted by molar-refractivity contribution is -0.00189. The molecule has 1 aliphatic heterocycles. The van der Waals surface area contributed by atoms with Crippen LogP contribution in [0.2, 0.25) is 0 Å². The summed E-state index contributed by atoms with van der Waals surface area (Å²) in [5.74, 6) is -0.778. The Balaban J connectivity index is 2.22. The van der Waals surface area contributed by atoms with Crippen molar-refractivity contribution in [2.45, 2.75) is 18.6 Å². The van der Waals surface area contributed by atoms with Crippen LogP contribution < -0.4 is 5.32 Å². The fourth-order valence-corrected chi connectivity index (χ4v) is 2.45. The first-order valence-corrected chi connectivity index (χ1v) is 5.58. The number of nitrogens with one attached hydrogen (secondary N) is 1. The highest BCUT2D eigenvalue weighted by Crippen LogP contribution is 2.38. The maximum absolute atomic E-state index is 9.90. The summed E-state index contributed by atoms with van der Waals surface area (Å²) in [5.41, 5.74) is 1.11. The normalized spacial score (nSPS) is 37.5. The third kappa shape index (κ3) is 2.09. The highest BCUT2D eigenvalue weighted by atomic mass is 16.3. The summed E-state index contributed by atoms with van der Waals surface area (Å²) in [6.07, 6.45) is 1.89. The van der Waals surface area contributed by atoms with Crippen LogP contribution in [-0.4, -0.2) is 39.2 Å². The summed E-state index contributed by atoms with van der Waals surface area (Å²) in [6, 6.07) is 0. The SMILES string of the molecule is C=C1C=CC([C@@H]2C[C@H](CO)[C@@H](O)[C@H]2O)=C(O)N1. The highest BCUT2D eigenvalue weighted by molar-refractivity contribution is 5.37. The largest absolute Gasteiger partial charge is 0.494 e. The van der Waals surface area contributed by atoms with E-state index in [9.17, 15) is 15.3 Å². The zero-order valence-corrected chi connectivity index (χ0v) is 9.37. The van der Waals surface area contributed by atoms with Gasteiger partial charge in [0.25, 0.3) is 0 Å². The summed E-state index contributed by atoms with van der Waals surface area (Å²) in [6.45, 7) is 3.47. The van der Waals surface area contributed by atoms with E-state index in [1.165, 1.54) is 0 Å². The molecule has 0 aromatic heterocycles. The van der Waals surface area contributed by atoms with Crippen LogP contribution in [0.5, 0.6) is 0 Å². The Morgan fingerprint density at radius 1 is 1.29 bits per heavy atom. The quantitative estimate of drug-likeness (QED) is 0.459. The molecule has 0 amide bonds. The van der Waals surface area contributed by atoms with Crippen LogP contribution in [0.4, 0.5) is 0 Å². The standard InChI is InChI=1S/C12H17NO4/c1-6-2-3-8(12(17)13-6)9-4-7(5-14)10(15)11(9)16/h2-3,7,9-11,13-17H,1,4-5H2/t7-,9+,10-,11+/m1/s1. The number of aliphatic hydroxyl groups excluding tert-OH is 4. The van der Waals surface area contributed by atoms with Gasteiger partial charge in [0, 0.05) is 29.7 Å². The predicted octanol–water partition coefficient (Wildman–Crippen LogP) is -0.221. The summed E-state index contributed by atoms with van der Waals surface area (Å²) >= 11 is 0. The number of dihydropyridines is 1. The number of allylic oxidation sites excluding steroid dienone is 2. The van der Waals surface area contributed by atoms with Gasteiger partial charge < -0.3 is 25.7 Å². The maximum atomic E-state index is 9.90. The van der Waals surface area contributed by atoms with Gasteiger partial charge in [-0.05, 0) is 12.5 Å². The average molecular weight is 239 g/mol. The Bertz CT molecular complexity index is 388. The Morgan fingerprint density at radius 3 is 2.53 bits per heavy atom. The van der Waals surface area contributed by atoms with Gasteiger partial charge in [0.15, 0.2) is 5.88 Å². The molecule has 0 aromatic rings. The zero-order valence-electron chi connectivity index (χ0n) is 9.37. The summed E-state index contributed by atoms with van der Waals surface area (Å²) in [7, 11) is 0. The molecule has 1 heterocycles.